The summed E-state index contributed by atoms with van der Waals surface area (Å²) < 4.78 is 1.82. The molecular weight excluding hydrogens is 282 g/mol. The number of nitrogens with zero attached hydrogens (tertiary/aromatic N) is 3. The quantitative estimate of drug-likeness (QED) is 0.687. The van der Waals surface area contributed by atoms with Crippen LogP contribution < -0.4 is 10.6 Å². The Morgan fingerprint density at radius 3 is 2.59 bits per heavy atom. The molecule has 22 heavy (non-hydrogen) atoms. The van der Waals surface area contributed by atoms with Crippen molar-refractivity contribution < 1.29 is 9.59 Å². The van der Waals surface area contributed by atoms with E-state index in [1.807, 2.05) is 18.5 Å². The number of carbonyl (C=O) groups is 2. The average Bonchev–Trinajstić information content (AvgIpc) is 2.73. The molecule has 0 aliphatic rings. The Morgan fingerprint density at radius 2 is 1.95 bits per heavy atom. The number of amides is 2. The highest BCUT2D eigenvalue weighted by molar-refractivity contribution is 5.76. The molecule has 0 saturated carbocycles. The normalized spacial score (nSPS) is 10.1. The zero-order valence-electron chi connectivity index (χ0n) is 13.4. The second-order valence-corrected chi connectivity index (χ2v) is 5.11. The van der Waals surface area contributed by atoms with Gasteiger partial charge in [-0.15, -0.1) is 0 Å². The van der Waals surface area contributed by atoms with E-state index in [0.29, 0.717) is 38.9 Å². The van der Waals surface area contributed by atoms with Gasteiger partial charge >= 0.3 is 0 Å². The fourth-order valence-corrected chi connectivity index (χ4v) is 2.24. The lowest BCUT2D eigenvalue weighted by atomic mass is 10.1. The molecule has 0 spiro atoms. The monoisotopic (exact) mass is 305 g/mol. The zero-order valence-corrected chi connectivity index (χ0v) is 13.4. The molecule has 0 aromatic carbocycles. The standard InChI is InChI=1S/C15H23N5O2/c1-11-14(12(2)20(19-11)10-4-7-16)5-6-15(22)18-9-8-17-13(3)21/h4-6,8-10H2,1-3H3,(H,17,21)(H,18,22). The third-order valence-electron chi connectivity index (χ3n) is 3.39. The zero-order chi connectivity index (χ0) is 16.5. The fourth-order valence-electron chi connectivity index (χ4n) is 2.24. The molecule has 0 radical (unpaired) electrons. The predicted molar refractivity (Wildman–Crippen MR) is 81.9 cm³/mol. The SMILES string of the molecule is CC(=O)NCCNC(=O)CCc1c(C)nn(CCC#N)c1C. The van der Waals surface area contributed by atoms with Gasteiger partial charge in [-0.2, -0.15) is 10.4 Å². The van der Waals surface area contributed by atoms with Crippen molar-refractivity contribution in [1.29, 1.82) is 5.26 Å². The molecule has 2 amide bonds. The molecule has 1 aromatic heterocycles. The van der Waals surface area contributed by atoms with Crippen LogP contribution >= 0.6 is 0 Å². The lowest BCUT2D eigenvalue weighted by Gasteiger charge is -2.06. The second kappa shape index (κ2) is 8.82. The van der Waals surface area contributed by atoms with Crippen LogP contribution in [0.2, 0.25) is 0 Å². The summed E-state index contributed by atoms with van der Waals surface area (Å²) in [6, 6.07) is 2.10. The van der Waals surface area contributed by atoms with Gasteiger partial charge in [-0.25, -0.2) is 0 Å². The maximum atomic E-state index is 11.8. The van der Waals surface area contributed by atoms with Crippen molar-refractivity contribution in [2.24, 2.45) is 0 Å². The van der Waals surface area contributed by atoms with E-state index in [0.717, 1.165) is 17.0 Å². The van der Waals surface area contributed by atoms with E-state index < -0.39 is 0 Å². The number of aryl methyl sites for hydroxylation is 2. The van der Waals surface area contributed by atoms with Gasteiger partial charge in [0.1, 0.15) is 0 Å². The minimum atomic E-state index is -0.106. The van der Waals surface area contributed by atoms with Crippen molar-refractivity contribution in [3.05, 3.63) is 17.0 Å². The highest BCUT2D eigenvalue weighted by atomic mass is 16.2. The Hall–Kier alpha value is -2.36. The first-order valence-corrected chi connectivity index (χ1v) is 7.36. The number of hydrogen-bond acceptors (Lipinski definition) is 4. The van der Waals surface area contributed by atoms with E-state index in [1.165, 1.54) is 6.92 Å². The molecule has 0 saturated heterocycles. The summed E-state index contributed by atoms with van der Waals surface area (Å²) in [6.07, 6.45) is 1.42. The molecule has 1 rings (SSSR count). The van der Waals surface area contributed by atoms with Gasteiger partial charge < -0.3 is 10.6 Å². The summed E-state index contributed by atoms with van der Waals surface area (Å²) >= 11 is 0. The first-order valence-electron chi connectivity index (χ1n) is 7.36. The maximum absolute atomic E-state index is 11.8. The van der Waals surface area contributed by atoms with Crippen LogP contribution in [-0.4, -0.2) is 34.7 Å². The Balaban J connectivity index is 2.44. The van der Waals surface area contributed by atoms with Crippen LogP contribution in [0, 0.1) is 25.2 Å². The van der Waals surface area contributed by atoms with Crippen LogP contribution in [0.5, 0.6) is 0 Å². The van der Waals surface area contributed by atoms with Gasteiger partial charge in [0, 0.05) is 32.1 Å². The molecule has 2 N–H and O–H groups in total. The summed E-state index contributed by atoms with van der Waals surface area (Å²) in [6.45, 7) is 6.76. The van der Waals surface area contributed by atoms with Gasteiger partial charge in [0.25, 0.3) is 0 Å². The van der Waals surface area contributed by atoms with Crippen LogP contribution in [0.25, 0.3) is 0 Å². The molecular formula is C15H23N5O2. The third kappa shape index (κ3) is 5.56. The van der Waals surface area contributed by atoms with E-state index >= 15 is 0 Å². The number of nitriles is 1. The molecule has 0 aliphatic carbocycles. The molecule has 7 nitrogen and oxygen atoms in total. The van der Waals surface area contributed by atoms with Gasteiger partial charge in [-0.05, 0) is 25.8 Å². The molecule has 0 aliphatic heterocycles. The van der Waals surface area contributed by atoms with Crippen molar-refractivity contribution in [3.8, 4) is 6.07 Å². The highest BCUT2D eigenvalue weighted by Crippen LogP contribution is 2.15. The lowest BCUT2D eigenvalue weighted by molar-refractivity contribution is -0.122. The molecule has 0 unspecified atom stereocenters. The highest BCUT2D eigenvalue weighted by Gasteiger charge is 2.12. The second-order valence-electron chi connectivity index (χ2n) is 5.11. The first-order chi connectivity index (χ1) is 10.5. The largest absolute Gasteiger partial charge is 0.355 e. The number of rotatable bonds is 8. The fraction of sp³-hybridized carbons (Fsp3) is 0.600. The van der Waals surface area contributed by atoms with E-state index in [4.69, 9.17) is 5.26 Å². The van der Waals surface area contributed by atoms with Crippen molar-refractivity contribution in [1.82, 2.24) is 20.4 Å². The topological polar surface area (TPSA) is 99.8 Å². The lowest BCUT2D eigenvalue weighted by Crippen LogP contribution is -2.33. The summed E-state index contributed by atoms with van der Waals surface area (Å²) in [7, 11) is 0. The van der Waals surface area contributed by atoms with Crippen LogP contribution in [0.15, 0.2) is 0 Å². The molecule has 1 heterocycles. The van der Waals surface area contributed by atoms with Crippen molar-refractivity contribution >= 4 is 11.8 Å². The first kappa shape index (κ1) is 17.7. The van der Waals surface area contributed by atoms with Crippen molar-refractivity contribution in [2.45, 2.75) is 46.6 Å². The molecule has 1 aromatic rings. The molecule has 120 valence electrons. The van der Waals surface area contributed by atoms with E-state index in [2.05, 4.69) is 21.8 Å². The number of aromatic nitrogens is 2. The minimum Gasteiger partial charge on any atom is -0.355 e. The maximum Gasteiger partial charge on any atom is 0.220 e. The Bertz CT molecular complexity index is 571. The van der Waals surface area contributed by atoms with Crippen LogP contribution in [0.1, 0.15) is 36.7 Å². The minimum absolute atomic E-state index is 0.0473. The molecule has 0 atom stereocenters. The number of hydrogen-bond donors (Lipinski definition) is 2. The smallest absolute Gasteiger partial charge is 0.220 e. The number of nitrogens with one attached hydrogen (secondary N) is 2. The summed E-state index contributed by atoms with van der Waals surface area (Å²) in [4.78, 5) is 22.5. The van der Waals surface area contributed by atoms with Gasteiger partial charge in [0.15, 0.2) is 0 Å². The Morgan fingerprint density at radius 1 is 1.27 bits per heavy atom. The Kier molecular flexibility index (Phi) is 7.09. The predicted octanol–water partition coefficient (Wildman–Crippen LogP) is 0.599. The molecule has 0 bridgehead atoms. The third-order valence-corrected chi connectivity index (χ3v) is 3.39. The van der Waals surface area contributed by atoms with Crippen LogP contribution in [0.4, 0.5) is 0 Å². The van der Waals surface area contributed by atoms with E-state index in [1.54, 1.807) is 0 Å². The summed E-state index contributed by atoms with van der Waals surface area (Å²) in [5.41, 5.74) is 2.98. The summed E-state index contributed by atoms with van der Waals surface area (Å²) in [5, 5.41) is 18.4. The van der Waals surface area contributed by atoms with Gasteiger partial charge in [-0.3, -0.25) is 14.3 Å². The number of carbonyl (C=O) groups excluding carboxylic acids is 2. The van der Waals surface area contributed by atoms with E-state index in [-0.39, 0.29) is 11.8 Å². The van der Waals surface area contributed by atoms with Gasteiger partial charge in [0.2, 0.25) is 11.8 Å². The Labute approximate surface area is 130 Å². The van der Waals surface area contributed by atoms with Crippen LogP contribution in [-0.2, 0) is 22.6 Å². The molecule has 7 heteroatoms. The van der Waals surface area contributed by atoms with Crippen LogP contribution in [0.3, 0.4) is 0 Å². The van der Waals surface area contributed by atoms with Crippen molar-refractivity contribution in [3.63, 3.8) is 0 Å². The molecule has 0 fully saturated rings. The van der Waals surface area contributed by atoms with Gasteiger partial charge in [0.05, 0.1) is 24.7 Å². The van der Waals surface area contributed by atoms with Crippen molar-refractivity contribution in [2.75, 3.05) is 13.1 Å². The summed E-state index contributed by atoms with van der Waals surface area (Å²) in [5.74, 6) is -0.154. The van der Waals surface area contributed by atoms with Gasteiger partial charge in [-0.1, -0.05) is 0 Å². The average molecular weight is 305 g/mol. The van der Waals surface area contributed by atoms with E-state index in [9.17, 15) is 9.59 Å².